The van der Waals surface area contributed by atoms with E-state index in [-0.39, 0.29) is 0 Å². The highest BCUT2D eigenvalue weighted by molar-refractivity contribution is 8.00. The number of thioether (sulfide) groups is 1. The van der Waals surface area contributed by atoms with Gasteiger partial charge in [-0.3, -0.25) is 4.90 Å². The molecule has 2 aromatic rings. The molecule has 120 valence electrons. The minimum absolute atomic E-state index is 0.326. The summed E-state index contributed by atoms with van der Waals surface area (Å²) < 4.78 is 0. The first-order valence-corrected chi connectivity index (χ1v) is 9.46. The fourth-order valence-electron chi connectivity index (χ4n) is 4.09. The Morgan fingerprint density at radius 2 is 1.70 bits per heavy atom. The third kappa shape index (κ3) is 2.93. The standard InChI is InChI=1S/C20H23NOS/c22-20(17-9-5-2-6-10-17)11-12-23-19-15-21(14-18(19)20)13-16-7-3-1-4-8-16/h1-10,18-19,22H,11-15H2. The molecular weight excluding hydrogens is 302 g/mol. The van der Waals surface area contributed by atoms with Crippen LogP contribution in [0.1, 0.15) is 17.5 Å². The van der Waals surface area contributed by atoms with E-state index >= 15 is 0 Å². The summed E-state index contributed by atoms with van der Waals surface area (Å²) in [6, 6.07) is 21.0. The van der Waals surface area contributed by atoms with E-state index in [1.165, 1.54) is 5.56 Å². The van der Waals surface area contributed by atoms with E-state index in [2.05, 4.69) is 47.4 Å². The van der Waals surface area contributed by atoms with Crippen molar-refractivity contribution < 1.29 is 5.11 Å². The Kier molecular flexibility index (Phi) is 4.18. The summed E-state index contributed by atoms with van der Waals surface area (Å²) >= 11 is 2.04. The number of rotatable bonds is 3. The topological polar surface area (TPSA) is 23.5 Å². The Hall–Kier alpha value is -1.29. The second-order valence-electron chi connectivity index (χ2n) is 6.74. The zero-order chi connectivity index (χ0) is 15.7. The molecule has 2 heterocycles. The van der Waals surface area contributed by atoms with E-state index in [9.17, 15) is 5.11 Å². The lowest BCUT2D eigenvalue weighted by atomic mass is 9.78. The molecule has 2 aromatic carbocycles. The van der Waals surface area contributed by atoms with Crippen LogP contribution < -0.4 is 0 Å². The molecule has 0 saturated carbocycles. The van der Waals surface area contributed by atoms with E-state index in [1.807, 2.05) is 30.0 Å². The third-order valence-corrected chi connectivity index (χ3v) is 6.64. The van der Waals surface area contributed by atoms with Gasteiger partial charge in [-0.1, -0.05) is 60.7 Å². The fourth-order valence-corrected chi connectivity index (χ4v) is 5.68. The van der Waals surface area contributed by atoms with Crippen LogP contribution in [0.5, 0.6) is 0 Å². The number of nitrogens with zero attached hydrogens (tertiary/aromatic N) is 1. The van der Waals surface area contributed by atoms with Crippen molar-refractivity contribution in [1.29, 1.82) is 0 Å². The first-order valence-electron chi connectivity index (χ1n) is 8.41. The summed E-state index contributed by atoms with van der Waals surface area (Å²) in [5, 5.41) is 12.0. The highest BCUT2D eigenvalue weighted by atomic mass is 32.2. The number of aliphatic hydroxyl groups is 1. The molecule has 2 aliphatic heterocycles. The second kappa shape index (κ2) is 6.31. The van der Waals surface area contributed by atoms with Crippen LogP contribution in [0.3, 0.4) is 0 Å². The highest BCUT2D eigenvalue weighted by Gasteiger charge is 2.50. The van der Waals surface area contributed by atoms with Crippen LogP contribution in [-0.2, 0) is 12.1 Å². The molecular formula is C20H23NOS. The number of hydrogen-bond donors (Lipinski definition) is 1. The molecule has 0 radical (unpaired) electrons. The summed E-state index contributed by atoms with van der Waals surface area (Å²) in [4.78, 5) is 2.51. The molecule has 0 aliphatic carbocycles. The molecule has 2 nitrogen and oxygen atoms in total. The van der Waals surface area contributed by atoms with Gasteiger partial charge in [0.2, 0.25) is 0 Å². The Labute approximate surface area is 142 Å². The van der Waals surface area contributed by atoms with Gasteiger partial charge in [-0.2, -0.15) is 11.8 Å². The van der Waals surface area contributed by atoms with E-state index in [0.717, 1.165) is 37.4 Å². The van der Waals surface area contributed by atoms with Crippen molar-refractivity contribution in [3.05, 3.63) is 71.8 Å². The lowest BCUT2D eigenvalue weighted by Gasteiger charge is -2.41. The van der Waals surface area contributed by atoms with Gasteiger partial charge in [0.25, 0.3) is 0 Å². The molecule has 2 aliphatic rings. The Morgan fingerprint density at radius 3 is 2.43 bits per heavy atom. The van der Waals surface area contributed by atoms with Gasteiger partial charge in [0.05, 0.1) is 5.60 Å². The van der Waals surface area contributed by atoms with Crippen molar-refractivity contribution in [2.45, 2.75) is 23.8 Å². The number of fused-ring (bicyclic) bond motifs is 1. The number of benzene rings is 2. The van der Waals surface area contributed by atoms with Gasteiger partial charge < -0.3 is 5.11 Å². The average Bonchev–Trinajstić information content (AvgIpc) is 3.01. The normalized spacial score (nSPS) is 31.0. The number of likely N-dealkylation sites (tertiary alicyclic amines) is 1. The predicted molar refractivity (Wildman–Crippen MR) is 96.4 cm³/mol. The average molecular weight is 325 g/mol. The summed E-state index contributed by atoms with van der Waals surface area (Å²) in [5.74, 6) is 1.37. The van der Waals surface area contributed by atoms with Crippen LogP contribution in [-0.4, -0.2) is 34.1 Å². The molecule has 2 fully saturated rings. The molecule has 0 amide bonds. The molecule has 2 saturated heterocycles. The molecule has 23 heavy (non-hydrogen) atoms. The summed E-state index contributed by atoms with van der Waals surface area (Å²) in [5.41, 5.74) is 1.79. The van der Waals surface area contributed by atoms with Gasteiger partial charge in [-0.15, -0.1) is 0 Å². The first-order chi connectivity index (χ1) is 11.3. The molecule has 3 atom stereocenters. The van der Waals surface area contributed by atoms with Crippen LogP contribution in [0.2, 0.25) is 0 Å². The molecule has 0 aromatic heterocycles. The number of hydrogen-bond acceptors (Lipinski definition) is 3. The molecule has 0 bridgehead atoms. The molecule has 3 unspecified atom stereocenters. The highest BCUT2D eigenvalue weighted by Crippen LogP contribution is 2.47. The lowest BCUT2D eigenvalue weighted by molar-refractivity contribution is -0.0250. The van der Waals surface area contributed by atoms with Crippen LogP contribution in [0.4, 0.5) is 0 Å². The molecule has 4 rings (SSSR count). The van der Waals surface area contributed by atoms with Gasteiger partial charge in [0.15, 0.2) is 0 Å². The summed E-state index contributed by atoms with van der Waals surface area (Å²) in [7, 11) is 0. The van der Waals surface area contributed by atoms with Gasteiger partial charge in [0.1, 0.15) is 0 Å². The van der Waals surface area contributed by atoms with Crippen LogP contribution in [0, 0.1) is 5.92 Å². The minimum Gasteiger partial charge on any atom is -0.385 e. The Balaban J connectivity index is 1.55. The fraction of sp³-hybridized carbons (Fsp3) is 0.400. The van der Waals surface area contributed by atoms with Gasteiger partial charge >= 0.3 is 0 Å². The zero-order valence-corrected chi connectivity index (χ0v) is 14.1. The lowest BCUT2D eigenvalue weighted by Crippen LogP contribution is -2.44. The largest absolute Gasteiger partial charge is 0.385 e. The van der Waals surface area contributed by atoms with Gasteiger partial charge in [0, 0.05) is 30.8 Å². The van der Waals surface area contributed by atoms with E-state index in [0.29, 0.717) is 11.2 Å². The van der Waals surface area contributed by atoms with Crippen LogP contribution in [0.15, 0.2) is 60.7 Å². The monoisotopic (exact) mass is 325 g/mol. The van der Waals surface area contributed by atoms with E-state index in [1.54, 1.807) is 0 Å². The van der Waals surface area contributed by atoms with E-state index in [4.69, 9.17) is 0 Å². The predicted octanol–water partition coefficient (Wildman–Crippen LogP) is 3.51. The Morgan fingerprint density at radius 1 is 1.00 bits per heavy atom. The van der Waals surface area contributed by atoms with E-state index < -0.39 is 5.60 Å². The smallest absolute Gasteiger partial charge is 0.0955 e. The van der Waals surface area contributed by atoms with Gasteiger partial charge in [-0.25, -0.2) is 0 Å². The van der Waals surface area contributed by atoms with Crippen molar-refractivity contribution >= 4 is 11.8 Å². The first kappa shape index (κ1) is 15.3. The molecule has 1 N–H and O–H groups in total. The second-order valence-corrected chi connectivity index (χ2v) is 8.08. The Bertz CT molecular complexity index is 647. The van der Waals surface area contributed by atoms with Crippen LogP contribution >= 0.6 is 11.8 Å². The van der Waals surface area contributed by atoms with Crippen molar-refractivity contribution in [2.75, 3.05) is 18.8 Å². The maximum absolute atomic E-state index is 11.5. The summed E-state index contributed by atoms with van der Waals surface area (Å²) in [6.07, 6.45) is 0.863. The minimum atomic E-state index is -0.664. The maximum atomic E-state index is 11.5. The third-order valence-electron chi connectivity index (χ3n) is 5.29. The van der Waals surface area contributed by atoms with Crippen molar-refractivity contribution in [3.63, 3.8) is 0 Å². The van der Waals surface area contributed by atoms with Crippen molar-refractivity contribution in [3.8, 4) is 0 Å². The molecule has 0 spiro atoms. The summed E-state index contributed by atoms with van der Waals surface area (Å²) in [6.45, 7) is 3.05. The van der Waals surface area contributed by atoms with Crippen molar-refractivity contribution in [1.82, 2.24) is 4.90 Å². The van der Waals surface area contributed by atoms with Crippen LogP contribution in [0.25, 0.3) is 0 Å². The maximum Gasteiger partial charge on any atom is 0.0955 e. The molecule has 3 heteroatoms. The van der Waals surface area contributed by atoms with Gasteiger partial charge in [-0.05, 0) is 23.3 Å². The van der Waals surface area contributed by atoms with Crippen molar-refractivity contribution in [2.24, 2.45) is 5.92 Å². The SMILES string of the molecule is OC1(c2ccccc2)CCSC2CN(Cc3ccccc3)CC21. The quantitative estimate of drug-likeness (QED) is 0.934. The zero-order valence-electron chi connectivity index (χ0n) is 13.3.